The van der Waals surface area contributed by atoms with Crippen molar-refractivity contribution < 1.29 is 0 Å². The third-order valence-electron chi connectivity index (χ3n) is 30.0. The molecule has 0 radical (unpaired) electrons. The van der Waals surface area contributed by atoms with Crippen LogP contribution in [0.1, 0.15) is 122 Å². The summed E-state index contributed by atoms with van der Waals surface area (Å²) in [6.07, 6.45) is 0. The van der Waals surface area contributed by atoms with Gasteiger partial charge in [0.25, 0.3) is 0 Å². The van der Waals surface area contributed by atoms with Gasteiger partial charge < -0.3 is 18.3 Å². The Balaban J connectivity index is 0.0000000906. The van der Waals surface area contributed by atoms with Crippen LogP contribution < -0.4 is 65.6 Å². The highest BCUT2D eigenvalue weighted by molar-refractivity contribution is 7.01. The minimum atomic E-state index is -0.171. The number of aromatic nitrogens is 4. The van der Waals surface area contributed by atoms with Crippen LogP contribution >= 0.6 is 0 Å². The fraction of sp³-hybridized carbons (Fsp3) is 0.107. The van der Waals surface area contributed by atoms with Gasteiger partial charge in [-0.05, 0) is 179 Å². The van der Waals surface area contributed by atoms with Gasteiger partial charge in [0.2, 0.25) is 26.9 Å². The van der Waals surface area contributed by atoms with E-state index in [1.165, 1.54) is 209 Å². The zero-order chi connectivity index (χ0) is 83.6. The van der Waals surface area contributed by atoms with E-state index >= 15 is 0 Å². The molecule has 0 saturated carbocycles. The maximum absolute atomic E-state index is 10.1. The molecule has 12 heteroatoms. The summed E-state index contributed by atoms with van der Waals surface area (Å²) < 4.78 is 9.79. The molecule has 12 heterocycles. The second-order valence-corrected chi connectivity index (χ2v) is 37.2. The van der Waals surface area contributed by atoms with Gasteiger partial charge in [-0.15, -0.1) is 0 Å². The largest absolute Gasteiger partial charge is 0.310 e. The molecule has 0 aliphatic carbocycles. The van der Waals surface area contributed by atoms with Crippen molar-refractivity contribution >= 4 is 180 Å². The van der Waals surface area contributed by atoms with Gasteiger partial charge in [0.1, 0.15) is 0 Å². The fourth-order valence-corrected chi connectivity index (χ4v) is 24.8. The van der Waals surface area contributed by atoms with Crippen molar-refractivity contribution in [2.75, 3.05) is 0 Å². The third kappa shape index (κ3) is 9.11. The molecule has 576 valence electrons. The van der Waals surface area contributed by atoms with E-state index in [9.17, 15) is 21.0 Å². The third-order valence-corrected chi connectivity index (χ3v) is 30.0. The summed E-state index contributed by atoms with van der Waals surface area (Å²) in [4.78, 5) is 0. The van der Waals surface area contributed by atoms with Crippen molar-refractivity contribution in [3.05, 3.63) is 382 Å². The van der Waals surface area contributed by atoms with Crippen LogP contribution in [-0.4, -0.2) is 45.1 Å². The number of nitrogens with zero attached hydrogens (tertiary/aromatic N) is 8. The van der Waals surface area contributed by atoms with Crippen LogP contribution in [0.2, 0.25) is 0 Å². The summed E-state index contributed by atoms with van der Waals surface area (Å²) >= 11 is 0. The zero-order valence-corrected chi connectivity index (χ0v) is 69.9. The minimum absolute atomic E-state index is 0.0746. The number of hydrogen-bond donors (Lipinski definition) is 0. The van der Waals surface area contributed by atoms with Crippen LogP contribution in [0.25, 0.3) is 110 Å². The van der Waals surface area contributed by atoms with Crippen molar-refractivity contribution in [1.82, 2.24) is 18.3 Å². The standard InChI is InChI=1S/4C28H19BN2/c1-28(2)20-10-4-5-11-22(20)29-25-17(16-30)8-7-13-24(25)31-23-12-6-3-9-18(23)19-14-15-21(28)26(29)27(19)31;1-28(2)20-10-7-8-17(16-30)25(20)29-22-11-4-6-13-24(22)31-23-12-5-3-9-18(23)19-14-15-21(28)26(29)27(19)31;1-28(2)20-13-12-19-18-7-3-5-9-24(18)31-25-10-6-4-8-23(25)29(26(20)27(19)31)22-14-11-17(16-30)15-21(22)28;1-28(2)20-13-11-17(16-30)15-23(20)29-22-8-4-6-10-25(22)31-24-9-5-3-7-18(24)19-12-14-21(28)26(29)27(19)31/h4*3-15H,1-2H3. The lowest BCUT2D eigenvalue weighted by molar-refractivity contribution is 0.646. The van der Waals surface area contributed by atoms with Crippen LogP contribution in [0.4, 0.5) is 0 Å². The number of hydrogen-bond acceptors (Lipinski definition) is 4. The highest BCUT2D eigenvalue weighted by Gasteiger charge is 2.51. The maximum atomic E-state index is 10.1. The fourth-order valence-electron chi connectivity index (χ4n) is 24.8. The van der Waals surface area contributed by atoms with Crippen LogP contribution in [-0.2, 0) is 21.7 Å². The Labute approximate surface area is 720 Å². The predicted molar refractivity (Wildman–Crippen MR) is 515 cm³/mol. The molecule has 124 heavy (non-hydrogen) atoms. The van der Waals surface area contributed by atoms with Crippen molar-refractivity contribution in [2.24, 2.45) is 0 Å². The Morgan fingerprint density at radius 2 is 0.508 bits per heavy atom. The van der Waals surface area contributed by atoms with Gasteiger partial charge in [-0.3, -0.25) is 0 Å². The number of nitriles is 4. The molecule has 8 aliphatic heterocycles. The smallest absolute Gasteiger partial charge is 0.249 e. The molecule has 20 aromatic rings. The first-order valence-electron chi connectivity index (χ1n) is 43.3. The Hall–Kier alpha value is -15.1. The van der Waals surface area contributed by atoms with Gasteiger partial charge >= 0.3 is 0 Å². The Kier molecular flexibility index (Phi) is 14.6. The summed E-state index contributed by atoms with van der Waals surface area (Å²) in [6.45, 7) is 19.0. The van der Waals surface area contributed by atoms with E-state index in [2.05, 4.69) is 377 Å². The van der Waals surface area contributed by atoms with Gasteiger partial charge in [0.05, 0.1) is 57.5 Å². The van der Waals surface area contributed by atoms with E-state index in [4.69, 9.17) is 0 Å². The lowest BCUT2D eigenvalue weighted by atomic mass is 9.30. The Morgan fingerprint density at radius 3 is 0.968 bits per heavy atom. The van der Waals surface area contributed by atoms with Crippen molar-refractivity contribution in [3.8, 4) is 47.0 Å². The van der Waals surface area contributed by atoms with Gasteiger partial charge in [-0.1, -0.05) is 302 Å². The van der Waals surface area contributed by atoms with Gasteiger partial charge in [-0.25, -0.2) is 0 Å². The van der Waals surface area contributed by atoms with E-state index in [1.54, 1.807) is 0 Å². The monoisotopic (exact) mass is 1580 g/mol. The van der Waals surface area contributed by atoms with Crippen molar-refractivity contribution in [2.45, 2.75) is 77.0 Å². The lowest BCUT2D eigenvalue weighted by Gasteiger charge is -2.41. The average molecular weight is 1580 g/mol. The minimum Gasteiger partial charge on any atom is -0.310 e. The highest BCUT2D eigenvalue weighted by Crippen LogP contribution is 2.47. The molecule has 0 spiro atoms. The molecule has 0 bridgehead atoms. The second-order valence-electron chi connectivity index (χ2n) is 37.2. The summed E-state index contributed by atoms with van der Waals surface area (Å²) in [5, 5.41) is 49.7. The molecule has 28 rings (SSSR count). The quantitative estimate of drug-likeness (QED) is 0.141. The summed E-state index contributed by atoms with van der Waals surface area (Å²) in [7, 11) is 0. The molecule has 0 N–H and O–H groups in total. The topological polar surface area (TPSA) is 115 Å². The first-order valence-corrected chi connectivity index (χ1v) is 43.3. The summed E-state index contributed by atoms with van der Waals surface area (Å²) in [5.41, 5.74) is 44.0. The summed E-state index contributed by atoms with van der Waals surface area (Å²) in [5.74, 6) is 0. The predicted octanol–water partition coefficient (Wildman–Crippen LogP) is 16.5. The van der Waals surface area contributed by atoms with Gasteiger partial charge in [-0.2, -0.15) is 21.0 Å². The molecule has 8 aliphatic rings. The lowest BCUT2D eigenvalue weighted by Crippen LogP contribution is -2.63. The molecule has 4 aromatic heterocycles. The highest BCUT2D eigenvalue weighted by atomic mass is 15.0. The van der Waals surface area contributed by atoms with E-state index in [-0.39, 0.29) is 48.5 Å². The summed E-state index contributed by atoms with van der Waals surface area (Å²) in [6, 6.07) is 123. The average Bonchev–Trinajstić information content (AvgIpc) is 1.48. The van der Waals surface area contributed by atoms with E-state index in [0.29, 0.717) is 0 Å². The van der Waals surface area contributed by atoms with E-state index in [1.807, 2.05) is 36.4 Å². The number of para-hydroxylation sites is 7. The normalized spacial score (nSPS) is 14.9. The second kappa shape index (κ2) is 25.3. The number of fused-ring (bicyclic) bond motifs is 32. The molecule has 0 unspecified atom stereocenters. The van der Waals surface area contributed by atoms with E-state index < -0.39 is 0 Å². The van der Waals surface area contributed by atoms with Crippen molar-refractivity contribution in [1.29, 1.82) is 21.0 Å². The Morgan fingerprint density at radius 1 is 0.210 bits per heavy atom. The van der Waals surface area contributed by atoms with Crippen LogP contribution in [0.3, 0.4) is 0 Å². The molecular weight excluding hydrogens is 1500 g/mol. The van der Waals surface area contributed by atoms with Crippen LogP contribution in [0, 0.1) is 45.3 Å². The zero-order valence-electron chi connectivity index (χ0n) is 69.9. The maximum Gasteiger partial charge on any atom is 0.249 e. The first kappa shape index (κ1) is 71.8. The number of benzene rings is 16. The van der Waals surface area contributed by atoms with Gasteiger partial charge in [0, 0.05) is 121 Å². The van der Waals surface area contributed by atoms with Crippen LogP contribution in [0.15, 0.2) is 315 Å². The molecule has 16 aromatic carbocycles. The van der Waals surface area contributed by atoms with Crippen LogP contribution in [0.5, 0.6) is 0 Å². The van der Waals surface area contributed by atoms with Crippen molar-refractivity contribution in [3.63, 3.8) is 0 Å². The Bertz CT molecular complexity index is 8470. The molecule has 8 nitrogen and oxygen atoms in total. The molecule has 0 amide bonds. The number of rotatable bonds is 0. The molecule has 0 atom stereocenters. The van der Waals surface area contributed by atoms with E-state index in [0.717, 1.165) is 33.4 Å². The van der Waals surface area contributed by atoms with Gasteiger partial charge in [0.15, 0.2) is 0 Å². The SMILES string of the molecule is CC1(C)c2cc(C#N)ccc2B2c3ccccc3-n3c4ccccc4c4ccc1c2c43.CC1(C)c2ccc(C#N)cc2B2c3ccccc3-n3c4ccccc4c4ccc1c2c43.CC1(C)c2cccc(C#N)c2B2c3ccccc3-n3c4ccccc4c4ccc1c2c43.CC1(C)c2ccccc2B2c3c(C#N)cccc3-n3c4ccccc4c4ccc1c2c43. The molecule has 0 saturated heterocycles. The first-order chi connectivity index (χ1) is 60.5. The molecule has 0 fully saturated rings. The molecular formula is C112H76B4N8.